The van der Waals surface area contributed by atoms with Crippen LogP contribution in [0.5, 0.6) is 0 Å². The molecule has 1 amide bonds. The molecule has 1 fully saturated rings. The summed E-state index contributed by atoms with van der Waals surface area (Å²) in [5, 5.41) is 2.56. The zero-order valence-electron chi connectivity index (χ0n) is 11.8. The van der Waals surface area contributed by atoms with E-state index in [0.717, 1.165) is 19.4 Å². The molecular weight excluding hydrogens is 248 g/mol. The predicted molar refractivity (Wildman–Crippen MR) is 69.5 cm³/mol. The van der Waals surface area contributed by atoms with Gasteiger partial charge in [-0.3, -0.25) is 19.3 Å². The second kappa shape index (κ2) is 7.23. The number of ether oxygens (including phenoxy) is 1. The second-order valence-corrected chi connectivity index (χ2v) is 4.97. The van der Waals surface area contributed by atoms with Gasteiger partial charge in [-0.1, -0.05) is 0 Å². The summed E-state index contributed by atoms with van der Waals surface area (Å²) in [6.07, 6.45) is 1.95. The van der Waals surface area contributed by atoms with E-state index in [9.17, 15) is 14.4 Å². The topological polar surface area (TPSA) is 75.7 Å². The minimum atomic E-state index is -0.601. The van der Waals surface area contributed by atoms with Gasteiger partial charge in [0.1, 0.15) is 0 Å². The Morgan fingerprint density at radius 3 is 2.58 bits per heavy atom. The first-order valence-corrected chi connectivity index (χ1v) is 6.51. The van der Waals surface area contributed by atoms with Crippen LogP contribution in [0.2, 0.25) is 0 Å². The van der Waals surface area contributed by atoms with Crippen LogP contribution in [0.1, 0.15) is 26.2 Å². The quantitative estimate of drug-likeness (QED) is 0.686. The molecule has 0 aliphatic carbocycles. The van der Waals surface area contributed by atoms with Crippen LogP contribution < -0.4 is 5.32 Å². The van der Waals surface area contributed by atoms with Gasteiger partial charge in [-0.15, -0.1) is 0 Å². The summed E-state index contributed by atoms with van der Waals surface area (Å²) in [5.74, 6) is -1.24. The third-order valence-electron chi connectivity index (χ3n) is 3.47. The maximum absolute atomic E-state index is 12.2. The minimum absolute atomic E-state index is 0.0424. The summed E-state index contributed by atoms with van der Waals surface area (Å²) in [5.41, 5.74) is 0. The average Bonchev–Trinajstić information content (AvgIpc) is 2.79. The lowest BCUT2D eigenvalue weighted by molar-refractivity contribution is -0.147. The number of likely N-dealkylation sites (N-methyl/N-ethyl adjacent to an activating group) is 1. The fraction of sp³-hybridized carbons (Fsp3) is 0.769. The van der Waals surface area contributed by atoms with Gasteiger partial charge in [0.05, 0.1) is 19.1 Å². The van der Waals surface area contributed by atoms with E-state index >= 15 is 0 Å². The highest BCUT2D eigenvalue weighted by atomic mass is 16.5. The Labute approximate surface area is 113 Å². The second-order valence-electron chi connectivity index (χ2n) is 4.97. The molecule has 0 saturated carbocycles. The van der Waals surface area contributed by atoms with E-state index in [1.807, 2.05) is 11.9 Å². The highest BCUT2D eigenvalue weighted by Gasteiger charge is 2.31. The number of ketones is 1. The van der Waals surface area contributed by atoms with E-state index in [-0.39, 0.29) is 30.7 Å². The summed E-state index contributed by atoms with van der Waals surface area (Å²) in [7, 11) is 3.20. The van der Waals surface area contributed by atoms with E-state index < -0.39 is 11.9 Å². The smallest absolute Gasteiger partial charge is 0.310 e. The highest BCUT2D eigenvalue weighted by Crippen LogP contribution is 2.19. The zero-order chi connectivity index (χ0) is 14.4. The van der Waals surface area contributed by atoms with Gasteiger partial charge in [0.2, 0.25) is 5.91 Å². The number of likely N-dealkylation sites (tertiary alicyclic amines) is 1. The predicted octanol–water partition coefficient (Wildman–Crippen LogP) is -0.0349. The van der Waals surface area contributed by atoms with Gasteiger partial charge in [-0.25, -0.2) is 0 Å². The largest absolute Gasteiger partial charge is 0.469 e. The number of hydrogen-bond donors (Lipinski definition) is 1. The van der Waals surface area contributed by atoms with Crippen molar-refractivity contribution in [1.82, 2.24) is 10.2 Å². The average molecular weight is 270 g/mol. The number of carbonyl (C=O) groups is 3. The summed E-state index contributed by atoms with van der Waals surface area (Å²) >= 11 is 0. The normalized spacial score (nSPS) is 20.9. The van der Waals surface area contributed by atoms with Crippen LogP contribution in [0.15, 0.2) is 0 Å². The van der Waals surface area contributed by atoms with Crippen LogP contribution in [0.4, 0.5) is 0 Å². The molecule has 108 valence electrons. The number of Topliss-reactive ketones (excluding diaryl/α,β-unsaturated/α-hetero) is 1. The Hall–Kier alpha value is -1.43. The Bertz CT molecular complexity index is 357. The van der Waals surface area contributed by atoms with E-state index in [2.05, 4.69) is 10.1 Å². The fourth-order valence-corrected chi connectivity index (χ4v) is 2.37. The third kappa shape index (κ3) is 4.63. The van der Waals surface area contributed by atoms with Crippen LogP contribution >= 0.6 is 0 Å². The molecule has 0 aromatic heterocycles. The van der Waals surface area contributed by atoms with Gasteiger partial charge in [0, 0.05) is 19.9 Å². The fourth-order valence-electron chi connectivity index (χ4n) is 2.37. The van der Waals surface area contributed by atoms with Crippen molar-refractivity contribution in [2.75, 3.05) is 27.2 Å². The monoisotopic (exact) mass is 270 g/mol. The molecule has 1 rings (SSSR count). The van der Waals surface area contributed by atoms with Crippen LogP contribution in [-0.2, 0) is 19.1 Å². The number of hydrogen-bond acceptors (Lipinski definition) is 5. The van der Waals surface area contributed by atoms with Crippen molar-refractivity contribution < 1.29 is 19.1 Å². The van der Waals surface area contributed by atoms with E-state index in [0.29, 0.717) is 0 Å². The maximum Gasteiger partial charge on any atom is 0.310 e. The SMILES string of the molecule is COC(=O)C(CNC(C)=O)CC(=O)C1CCCN1C. The standard InChI is InChI=1S/C13H22N2O4/c1-9(16)14-8-10(13(18)19-3)7-12(17)11-5-4-6-15(11)2/h10-11H,4-8H2,1-3H3,(H,14,16). The first-order chi connectivity index (χ1) is 8.95. The first kappa shape index (κ1) is 15.6. The molecule has 2 atom stereocenters. The van der Waals surface area contributed by atoms with Crippen molar-refractivity contribution in [1.29, 1.82) is 0 Å². The number of carbonyl (C=O) groups excluding carboxylic acids is 3. The number of nitrogens with zero attached hydrogens (tertiary/aromatic N) is 1. The molecule has 6 nitrogen and oxygen atoms in total. The van der Waals surface area contributed by atoms with Crippen LogP contribution in [0, 0.1) is 5.92 Å². The molecule has 0 aromatic rings. The minimum Gasteiger partial charge on any atom is -0.469 e. The molecule has 1 aliphatic rings. The first-order valence-electron chi connectivity index (χ1n) is 6.51. The van der Waals surface area contributed by atoms with Crippen LogP contribution in [0.25, 0.3) is 0 Å². The van der Waals surface area contributed by atoms with Gasteiger partial charge in [0.15, 0.2) is 5.78 Å². The lowest BCUT2D eigenvalue weighted by Crippen LogP contribution is -2.38. The van der Waals surface area contributed by atoms with Crippen molar-refractivity contribution in [3.8, 4) is 0 Å². The number of nitrogens with one attached hydrogen (secondary N) is 1. The molecule has 0 aromatic carbocycles. The lowest BCUT2D eigenvalue weighted by atomic mass is 9.97. The number of esters is 1. The van der Waals surface area contributed by atoms with Gasteiger partial charge < -0.3 is 10.1 Å². The third-order valence-corrected chi connectivity index (χ3v) is 3.47. The van der Waals surface area contributed by atoms with E-state index in [1.54, 1.807) is 0 Å². The molecular formula is C13H22N2O4. The van der Waals surface area contributed by atoms with Crippen LogP contribution in [0.3, 0.4) is 0 Å². The van der Waals surface area contributed by atoms with Crippen molar-refractivity contribution in [3.63, 3.8) is 0 Å². The summed E-state index contributed by atoms with van der Waals surface area (Å²) < 4.78 is 4.68. The number of methoxy groups -OCH3 is 1. The molecule has 6 heteroatoms. The molecule has 0 radical (unpaired) electrons. The molecule has 2 unspecified atom stereocenters. The molecule has 1 aliphatic heterocycles. The van der Waals surface area contributed by atoms with Gasteiger partial charge in [0.25, 0.3) is 0 Å². The Morgan fingerprint density at radius 2 is 2.11 bits per heavy atom. The lowest BCUT2D eigenvalue weighted by Gasteiger charge is -2.21. The summed E-state index contributed by atoms with van der Waals surface area (Å²) in [4.78, 5) is 36.7. The molecule has 1 N–H and O–H groups in total. The van der Waals surface area contributed by atoms with E-state index in [4.69, 9.17) is 0 Å². The highest BCUT2D eigenvalue weighted by molar-refractivity contribution is 5.88. The summed E-state index contributed by atoms with van der Waals surface area (Å²) in [6.45, 7) is 2.43. The molecule has 19 heavy (non-hydrogen) atoms. The van der Waals surface area contributed by atoms with Crippen molar-refractivity contribution in [2.45, 2.75) is 32.2 Å². The number of amides is 1. The molecule has 1 saturated heterocycles. The maximum atomic E-state index is 12.2. The van der Waals surface area contributed by atoms with Crippen molar-refractivity contribution in [2.24, 2.45) is 5.92 Å². The summed E-state index contributed by atoms with van der Waals surface area (Å²) in [6, 6.07) is -0.107. The molecule has 1 heterocycles. The van der Waals surface area contributed by atoms with E-state index in [1.165, 1.54) is 14.0 Å². The van der Waals surface area contributed by atoms with Gasteiger partial charge >= 0.3 is 5.97 Å². The van der Waals surface area contributed by atoms with Gasteiger partial charge in [-0.05, 0) is 26.4 Å². The Kier molecular flexibility index (Phi) is 5.95. The zero-order valence-corrected chi connectivity index (χ0v) is 11.8. The number of rotatable bonds is 6. The van der Waals surface area contributed by atoms with Crippen molar-refractivity contribution in [3.05, 3.63) is 0 Å². The van der Waals surface area contributed by atoms with Crippen molar-refractivity contribution >= 4 is 17.7 Å². The van der Waals surface area contributed by atoms with Gasteiger partial charge in [-0.2, -0.15) is 0 Å². The Morgan fingerprint density at radius 1 is 1.42 bits per heavy atom. The molecule has 0 spiro atoms. The Balaban J connectivity index is 2.58. The van der Waals surface area contributed by atoms with Crippen LogP contribution in [-0.4, -0.2) is 55.8 Å². The molecule has 0 bridgehead atoms.